The molecule has 0 atom stereocenters. The van der Waals surface area contributed by atoms with Gasteiger partial charge in [-0.15, -0.1) is 0 Å². The van der Waals surface area contributed by atoms with Crippen molar-refractivity contribution in [3.05, 3.63) is 34.7 Å². The van der Waals surface area contributed by atoms with Crippen molar-refractivity contribution in [2.24, 2.45) is 0 Å². The van der Waals surface area contributed by atoms with E-state index in [1.807, 2.05) is 31.2 Å². The quantitative estimate of drug-likeness (QED) is 0.834. The topological polar surface area (TPSA) is 93.3 Å². The number of aliphatic carboxylic acids is 1. The van der Waals surface area contributed by atoms with Crippen molar-refractivity contribution in [1.29, 1.82) is 0 Å². The summed E-state index contributed by atoms with van der Waals surface area (Å²) in [4.78, 5) is 36.3. The van der Waals surface area contributed by atoms with Crippen molar-refractivity contribution in [1.82, 2.24) is 14.5 Å². The van der Waals surface area contributed by atoms with Crippen molar-refractivity contribution in [3.63, 3.8) is 0 Å². The number of benzene rings is 1. The molecule has 0 aliphatic heterocycles. The van der Waals surface area contributed by atoms with E-state index in [2.05, 4.69) is 5.32 Å². The molecule has 1 fully saturated rings. The number of aromatic nitrogens is 2. The largest absolute Gasteiger partial charge is 0.481 e. The average molecular weight is 345 g/mol. The van der Waals surface area contributed by atoms with Crippen LogP contribution in [0.2, 0.25) is 0 Å². The van der Waals surface area contributed by atoms with E-state index in [9.17, 15) is 14.4 Å². The summed E-state index contributed by atoms with van der Waals surface area (Å²) < 4.78 is 3.09. The Labute approximate surface area is 145 Å². The molecule has 0 unspecified atom stereocenters. The van der Waals surface area contributed by atoms with Crippen molar-refractivity contribution in [2.75, 3.05) is 0 Å². The molecule has 3 rings (SSSR count). The number of rotatable bonds is 6. The number of carbonyl (C=O) groups is 2. The molecule has 2 N–H and O–H groups in total. The first-order chi connectivity index (χ1) is 12.0. The average Bonchev–Trinajstić information content (AvgIpc) is 3.10. The molecule has 134 valence electrons. The Bertz CT molecular complexity index is 859. The highest BCUT2D eigenvalue weighted by molar-refractivity contribution is 5.82. The van der Waals surface area contributed by atoms with E-state index in [0.29, 0.717) is 24.9 Å². The van der Waals surface area contributed by atoms with Crippen molar-refractivity contribution in [3.8, 4) is 0 Å². The van der Waals surface area contributed by atoms with Gasteiger partial charge < -0.3 is 10.4 Å². The lowest BCUT2D eigenvalue weighted by atomic mass is 9.93. The highest BCUT2D eigenvalue weighted by atomic mass is 16.4. The van der Waals surface area contributed by atoms with Crippen LogP contribution in [0.1, 0.15) is 39.0 Å². The fraction of sp³-hybridized carbons (Fsp3) is 0.500. The van der Waals surface area contributed by atoms with Gasteiger partial charge in [-0.05, 0) is 31.9 Å². The van der Waals surface area contributed by atoms with E-state index in [1.54, 1.807) is 4.57 Å². The number of amides is 1. The van der Waals surface area contributed by atoms with Crippen LogP contribution >= 0.6 is 0 Å². The third-order valence-corrected chi connectivity index (χ3v) is 5.00. The van der Waals surface area contributed by atoms with Crippen LogP contribution in [0, 0.1) is 0 Å². The number of carboxylic acid groups (broad SMARTS) is 1. The van der Waals surface area contributed by atoms with Gasteiger partial charge in [0.1, 0.15) is 6.54 Å². The molecule has 1 aliphatic carbocycles. The zero-order chi connectivity index (χ0) is 18.0. The normalized spacial score (nSPS) is 16.2. The van der Waals surface area contributed by atoms with E-state index < -0.39 is 11.5 Å². The number of carbonyl (C=O) groups excluding carboxylic acids is 1. The van der Waals surface area contributed by atoms with E-state index in [4.69, 9.17) is 5.11 Å². The van der Waals surface area contributed by atoms with Gasteiger partial charge in [-0.2, -0.15) is 0 Å². The molecule has 7 nitrogen and oxygen atoms in total. The van der Waals surface area contributed by atoms with E-state index in [-0.39, 0.29) is 24.6 Å². The maximum absolute atomic E-state index is 12.6. The zero-order valence-corrected chi connectivity index (χ0v) is 14.3. The first-order valence-electron chi connectivity index (χ1n) is 8.67. The number of aryl methyl sites for hydroxylation is 1. The zero-order valence-electron chi connectivity index (χ0n) is 14.3. The van der Waals surface area contributed by atoms with Crippen LogP contribution in [-0.4, -0.2) is 31.7 Å². The molecule has 0 bridgehead atoms. The van der Waals surface area contributed by atoms with Crippen LogP contribution in [0.25, 0.3) is 11.0 Å². The molecule has 0 spiro atoms. The summed E-state index contributed by atoms with van der Waals surface area (Å²) in [5, 5.41) is 12.1. The first-order valence-corrected chi connectivity index (χ1v) is 8.67. The Kier molecular flexibility index (Phi) is 4.65. The summed E-state index contributed by atoms with van der Waals surface area (Å²) in [6.45, 7) is 2.31. The number of nitrogens with zero attached hydrogens (tertiary/aromatic N) is 2. The predicted molar refractivity (Wildman–Crippen MR) is 93.5 cm³/mol. The highest BCUT2D eigenvalue weighted by Crippen LogP contribution is 2.32. The van der Waals surface area contributed by atoms with Crippen LogP contribution in [0.15, 0.2) is 29.1 Å². The van der Waals surface area contributed by atoms with E-state index >= 15 is 0 Å². The maximum atomic E-state index is 12.6. The van der Waals surface area contributed by atoms with Crippen LogP contribution < -0.4 is 11.0 Å². The Balaban J connectivity index is 1.86. The van der Waals surface area contributed by atoms with Gasteiger partial charge >= 0.3 is 11.7 Å². The summed E-state index contributed by atoms with van der Waals surface area (Å²) in [5.41, 5.74) is 0.597. The summed E-state index contributed by atoms with van der Waals surface area (Å²) in [6, 6.07) is 7.37. The maximum Gasteiger partial charge on any atom is 0.329 e. The Morgan fingerprint density at radius 1 is 1.16 bits per heavy atom. The first kappa shape index (κ1) is 17.3. The van der Waals surface area contributed by atoms with Gasteiger partial charge in [0.05, 0.1) is 23.0 Å². The second-order valence-corrected chi connectivity index (χ2v) is 6.71. The number of imidazole rings is 1. The van der Waals surface area contributed by atoms with Crippen molar-refractivity contribution >= 4 is 22.9 Å². The Hall–Kier alpha value is -2.57. The lowest BCUT2D eigenvalue weighted by Gasteiger charge is -2.28. The van der Waals surface area contributed by atoms with E-state index in [0.717, 1.165) is 18.4 Å². The molecule has 1 aliphatic rings. The van der Waals surface area contributed by atoms with Crippen molar-refractivity contribution < 1.29 is 14.7 Å². The minimum absolute atomic E-state index is 0.0790. The molecular formula is C18H23N3O4. The molecule has 2 aromatic rings. The Morgan fingerprint density at radius 2 is 1.76 bits per heavy atom. The van der Waals surface area contributed by atoms with Crippen LogP contribution in [0.5, 0.6) is 0 Å². The molecular weight excluding hydrogens is 322 g/mol. The second kappa shape index (κ2) is 6.74. The summed E-state index contributed by atoms with van der Waals surface area (Å²) in [5.74, 6) is -1.23. The second-order valence-electron chi connectivity index (χ2n) is 6.71. The van der Waals surface area contributed by atoms with Gasteiger partial charge in [0.2, 0.25) is 5.91 Å². The summed E-state index contributed by atoms with van der Waals surface area (Å²) >= 11 is 0. The predicted octanol–water partition coefficient (Wildman–Crippen LogP) is 1.73. The molecule has 1 aromatic carbocycles. The molecule has 25 heavy (non-hydrogen) atoms. The molecule has 1 heterocycles. The van der Waals surface area contributed by atoms with Crippen LogP contribution in [0.3, 0.4) is 0 Å². The standard InChI is InChI=1S/C18H23N3O4/c1-2-20-13-7-3-4-8-14(13)21(17(20)25)12-15(22)19-18(11-16(23)24)9-5-6-10-18/h3-4,7-8H,2,5-6,9-12H2,1H3,(H,19,22)(H,23,24). The van der Waals surface area contributed by atoms with Gasteiger partial charge in [0.15, 0.2) is 0 Å². The van der Waals surface area contributed by atoms with Crippen LogP contribution in [0.4, 0.5) is 0 Å². The lowest BCUT2D eigenvalue weighted by molar-refractivity contribution is -0.139. The smallest absolute Gasteiger partial charge is 0.329 e. The van der Waals surface area contributed by atoms with Crippen LogP contribution in [-0.2, 0) is 22.7 Å². The number of carboxylic acids is 1. The summed E-state index contributed by atoms with van der Waals surface area (Å²) in [6.07, 6.45) is 3.06. The van der Waals surface area contributed by atoms with Gasteiger partial charge in [-0.25, -0.2) is 4.79 Å². The number of para-hydroxylation sites is 2. The monoisotopic (exact) mass is 345 g/mol. The van der Waals surface area contributed by atoms with E-state index in [1.165, 1.54) is 4.57 Å². The highest BCUT2D eigenvalue weighted by Gasteiger charge is 2.37. The molecule has 1 amide bonds. The molecule has 1 aromatic heterocycles. The number of fused-ring (bicyclic) bond motifs is 1. The third-order valence-electron chi connectivity index (χ3n) is 5.00. The number of nitrogens with one attached hydrogen (secondary N) is 1. The molecule has 1 saturated carbocycles. The SMILES string of the molecule is CCn1c(=O)n(CC(=O)NC2(CC(=O)O)CCCC2)c2ccccc21. The lowest BCUT2D eigenvalue weighted by Crippen LogP contribution is -2.49. The molecule has 7 heteroatoms. The number of hydrogen-bond acceptors (Lipinski definition) is 3. The Morgan fingerprint density at radius 3 is 2.32 bits per heavy atom. The van der Waals surface area contributed by atoms with Gasteiger partial charge in [-0.1, -0.05) is 25.0 Å². The van der Waals surface area contributed by atoms with Gasteiger partial charge in [0.25, 0.3) is 0 Å². The van der Waals surface area contributed by atoms with Gasteiger partial charge in [-0.3, -0.25) is 18.7 Å². The third kappa shape index (κ3) is 3.31. The minimum atomic E-state index is -0.915. The molecule has 0 saturated heterocycles. The molecule has 0 radical (unpaired) electrons. The summed E-state index contributed by atoms with van der Waals surface area (Å²) in [7, 11) is 0. The number of hydrogen-bond donors (Lipinski definition) is 2. The fourth-order valence-electron chi connectivity index (χ4n) is 3.90. The fourth-order valence-corrected chi connectivity index (χ4v) is 3.90. The minimum Gasteiger partial charge on any atom is -0.481 e. The van der Waals surface area contributed by atoms with Gasteiger partial charge in [0, 0.05) is 6.54 Å². The van der Waals surface area contributed by atoms with Crippen molar-refractivity contribution in [2.45, 2.75) is 57.7 Å².